The molecule has 64 valence electrons. The molecule has 0 unspecified atom stereocenters. The molecule has 0 saturated heterocycles. The number of hydrogen-bond acceptors (Lipinski definition) is 3. The van der Waals surface area contributed by atoms with Crippen LogP contribution in [0.4, 0.5) is 0 Å². The molecule has 0 spiro atoms. The van der Waals surface area contributed by atoms with Gasteiger partial charge in [-0.1, -0.05) is 0 Å². The van der Waals surface area contributed by atoms with Crippen molar-refractivity contribution in [2.24, 2.45) is 0 Å². The number of carbonyl (C=O) groups is 1. The van der Waals surface area contributed by atoms with E-state index < -0.39 is 5.60 Å². The predicted octanol–water partition coefficient (Wildman–Crippen LogP) is 0.505. The van der Waals surface area contributed by atoms with E-state index in [-0.39, 0.29) is 12.5 Å². The molecule has 11 heavy (non-hydrogen) atoms. The van der Waals surface area contributed by atoms with Crippen molar-refractivity contribution in [3.8, 4) is 0 Å². The van der Waals surface area contributed by atoms with Gasteiger partial charge < -0.3 is 14.6 Å². The van der Waals surface area contributed by atoms with Crippen molar-refractivity contribution >= 4 is 6.29 Å². The molecule has 0 radical (unpaired) electrons. The van der Waals surface area contributed by atoms with E-state index in [0.717, 1.165) is 6.29 Å². The van der Waals surface area contributed by atoms with Crippen molar-refractivity contribution in [2.45, 2.75) is 37.9 Å². The Morgan fingerprint density at radius 3 is 2.82 bits per heavy atom. The molecule has 1 aliphatic carbocycles. The Kier molecular flexibility index (Phi) is 2.62. The zero-order chi connectivity index (χ0) is 8.32. The van der Waals surface area contributed by atoms with Crippen molar-refractivity contribution in [3.05, 3.63) is 0 Å². The Hall–Kier alpha value is -0.410. The predicted molar refractivity (Wildman–Crippen MR) is 40.3 cm³/mol. The van der Waals surface area contributed by atoms with Gasteiger partial charge in [-0.05, 0) is 6.92 Å². The van der Waals surface area contributed by atoms with E-state index in [4.69, 9.17) is 4.74 Å². The summed E-state index contributed by atoms with van der Waals surface area (Å²) in [6.45, 7) is 2.61. The van der Waals surface area contributed by atoms with Crippen molar-refractivity contribution in [2.75, 3.05) is 6.61 Å². The summed E-state index contributed by atoms with van der Waals surface area (Å²) in [5.41, 5.74) is -0.748. The van der Waals surface area contributed by atoms with Gasteiger partial charge in [0.2, 0.25) is 0 Å². The maximum atomic E-state index is 10.1. The van der Waals surface area contributed by atoms with E-state index in [1.807, 2.05) is 6.92 Å². The summed E-state index contributed by atoms with van der Waals surface area (Å²) in [5, 5.41) is 9.50. The Morgan fingerprint density at radius 1 is 1.73 bits per heavy atom. The minimum atomic E-state index is -0.748. The first-order valence-electron chi connectivity index (χ1n) is 3.98. The maximum absolute atomic E-state index is 10.1. The normalized spacial score (nSPS) is 36.4. The van der Waals surface area contributed by atoms with Crippen LogP contribution in [0.1, 0.15) is 26.2 Å². The van der Waals surface area contributed by atoms with E-state index in [0.29, 0.717) is 19.4 Å². The smallest absolute Gasteiger partial charge is 0.122 e. The zero-order valence-electron chi connectivity index (χ0n) is 6.75. The SMILES string of the molecule is CCOC1CC(O)(CC=O)C1. The van der Waals surface area contributed by atoms with Crippen LogP contribution >= 0.6 is 0 Å². The monoisotopic (exact) mass is 158 g/mol. The molecule has 3 heteroatoms. The highest BCUT2D eigenvalue weighted by molar-refractivity contribution is 5.51. The second-order valence-corrected chi connectivity index (χ2v) is 3.08. The Balaban J connectivity index is 2.20. The fraction of sp³-hybridized carbons (Fsp3) is 0.875. The third kappa shape index (κ3) is 2.01. The van der Waals surface area contributed by atoms with Crippen LogP contribution in [0.15, 0.2) is 0 Å². The van der Waals surface area contributed by atoms with Crippen molar-refractivity contribution in [3.63, 3.8) is 0 Å². The average Bonchev–Trinajstić information content (AvgIpc) is 1.85. The van der Waals surface area contributed by atoms with Gasteiger partial charge in [0.05, 0.1) is 11.7 Å². The van der Waals surface area contributed by atoms with E-state index in [2.05, 4.69) is 0 Å². The quantitative estimate of drug-likeness (QED) is 0.606. The van der Waals surface area contributed by atoms with Gasteiger partial charge in [0.15, 0.2) is 0 Å². The minimum Gasteiger partial charge on any atom is -0.389 e. The van der Waals surface area contributed by atoms with Crippen LogP contribution in [0, 0.1) is 0 Å². The molecule has 0 bridgehead atoms. The highest BCUT2D eigenvalue weighted by atomic mass is 16.5. The third-order valence-electron chi connectivity index (χ3n) is 2.08. The zero-order valence-corrected chi connectivity index (χ0v) is 6.75. The van der Waals surface area contributed by atoms with Crippen LogP contribution in [-0.2, 0) is 9.53 Å². The molecule has 1 rings (SSSR count). The molecule has 1 N–H and O–H groups in total. The number of ether oxygens (including phenoxy) is 1. The van der Waals surface area contributed by atoms with Crippen molar-refractivity contribution in [1.82, 2.24) is 0 Å². The molecular weight excluding hydrogens is 144 g/mol. The number of hydrogen-bond donors (Lipinski definition) is 1. The lowest BCUT2D eigenvalue weighted by molar-refractivity contribution is -0.146. The molecule has 0 aromatic heterocycles. The van der Waals surface area contributed by atoms with Crippen LogP contribution in [0.25, 0.3) is 0 Å². The Morgan fingerprint density at radius 2 is 2.36 bits per heavy atom. The van der Waals surface area contributed by atoms with E-state index >= 15 is 0 Å². The van der Waals surface area contributed by atoms with Gasteiger partial charge in [0, 0.05) is 25.9 Å². The Bertz CT molecular complexity index is 138. The molecule has 0 heterocycles. The summed E-state index contributed by atoms with van der Waals surface area (Å²) < 4.78 is 5.24. The lowest BCUT2D eigenvalue weighted by Gasteiger charge is -2.42. The highest BCUT2D eigenvalue weighted by Crippen LogP contribution is 2.36. The van der Waals surface area contributed by atoms with Crippen LogP contribution in [0.5, 0.6) is 0 Å². The molecular formula is C8H14O3. The summed E-state index contributed by atoms with van der Waals surface area (Å²) in [4.78, 5) is 10.1. The van der Waals surface area contributed by atoms with E-state index in [1.165, 1.54) is 0 Å². The number of rotatable bonds is 4. The van der Waals surface area contributed by atoms with Crippen molar-refractivity contribution in [1.29, 1.82) is 0 Å². The third-order valence-corrected chi connectivity index (χ3v) is 2.08. The summed E-state index contributed by atoms with van der Waals surface area (Å²) in [5.74, 6) is 0. The summed E-state index contributed by atoms with van der Waals surface area (Å²) in [7, 11) is 0. The van der Waals surface area contributed by atoms with E-state index in [1.54, 1.807) is 0 Å². The van der Waals surface area contributed by atoms with Gasteiger partial charge in [-0.15, -0.1) is 0 Å². The van der Waals surface area contributed by atoms with Crippen LogP contribution in [0.3, 0.4) is 0 Å². The topological polar surface area (TPSA) is 46.5 Å². The van der Waals surface area contributed by atoms with Gasteiger partial charge in [-0.2, -0.15) is 0 Å². The lowest BCUT2D eigenvalue weighted by Crippen LogP contribution is -2.48. The van der Waals surface area contributed by atoms with Gasteiger partial charge in [-0.25, -0.2) is 0 Å². The van der Waals surface area contributed by atoms with Crippen LogP contribution in [-0.4, -0.2) is 29.7 Å². The summed E-state index contributed by atoms with van der Waals surface area (Å²) in [6.07, 6.45) is 2.41. The maximum Gasteiger partial charge on any atom is 0.122 e. The van der Waals surface area contributed by atoms with Gasteiger partial charge in [-0.3, -0.25) is 0 Å². The summed E-state index contributed by atoms with van der Waals surface area (Å²) >= 11 is 0. The molecule has 0 aliphatic heterocycles. The second-order valence-electron chi connectivity index (χ2n) is 3.08. The first kappa shape index (κ1) is 8.68. The standard InChI is InChI=1S/C8H14O3/c1-2-11-7-5-8(10,6-7)3-4-9/h4,7,10H,2-3,5-6H2,1H3. The van der Waals surface area contributed by atoms with Crippen LogP contribution in [0.2, 0.25) is 0 Å². The Labute approximate surface area is 66.4 Å². The highest BCUT2D eigenvalue weighted by Gasteiger charge is 2.42. The largest absolute Gasteiger partial charge is 0.389 e. The molecule has 0 aromatic rings. The van der Waals surface area contributed by atoms with E-state index in [9.17, 15) is 9.90 Å². The number of aliphatic hydroxyl groups is 1. The van der Waals surface area contributed by atoms with Gasteiger partial charge in [0.1, 0.15) is 6.29 Å². The lowest BCUT2D eigenvalue weighted by atomic mass is 9.75. The minimum absolute atomic E-state index is 0.171. The number of aldehydes is 1. The van der Waals surface area contributed by atoms with Crippen LogP contribution < -0.4 is 0 Å². The fourth-order valence-electron chi connectivity index (χ4n) is 1.46. The fourth-order valence-corrected chi connectivity index (χ4v) is 1.46. The molecule has 0 amide bonds. The van der Waals surface area contributed by atoms with Gasteiger partial charge in [0.25, 0.3) is 0 Å². The molecule has 0 aromatic carbocycles. The first-order chi connectivity index (χ1) is 5.20. The second kappa shape index (κ2) is 3.32. The van der Waals surface area contributed by atoms with Crippen molar-refractivity contribution < 1.29 is 14.6 Å². The molecule has 0 atom stereocenters. The number of carbonyl (C=O) groups excluding carboxylic acids is 1. The average molecular weight is 158 g/mol. The molecule has 1 aliphatic rings. The molecule has 3 nitrogen and oxygen atoms in total. The first-order valence-corrected chi connectivity index (χ1v) is 3.98. The molecule has 1 fully saturated rings. The van der Waals surface area contributed by atoms with Gasteiger partial charge >= 0.3 is 0 Å². The molecule has 1 saturated carbocycles. The summed E-state index contributed by atoms with van der Waals surface area (Å²) in [6, 6.07) is 0.